The lowest BCUT2D eigenvalue weighted by atomic mass is 10.1. The molecule has 2 heterocycles. The van der Waals surface area contributed by atoms with Crippen molar-refractivity contribution in [2.24, 2.45) is 10.7 Å². The van der Waals surface area contributed by atoms with Gasteiger partial charge in [-0.15, -0.1) is 0 Å². The molecule has 0 radical (unpaired) electrons. The predicted octanol–water partition coefficient (Wildman–Crippen LogP) is 3.99. The van der Waals surface area contributed by atoms with Gasteiger partial charge >= 0.3 is 0 Å². The van der Waals surface area contributed by atoms with Crippen LogP contribution in [0.3, 0.4) is 0 Å². The van der Waals surface area contributed by atoms with Crippen molar-refractivity contribution in [2.45, 2.75) is 0 Å². The molecule has 24 heavy (non-hydrogen) atoms. The molecule has 4 nitrogen and oxygen atoms in total. The molecule has 1 aliphatic heterocycles. The van der Waals surface area contributed by atoms with Crippen molar-refractivity contribution in [1.29, 1.82) is 0 Å². The topological polar surface area (TPSA) is 54.5 Å². The van der Waals surface area contributed by atoms with Gasteiger partial charge in [0.1, 0.15) is 0 Å². The van der Waals surface area contributed by atoms with Crippen molar-refractivity contribution in [3.63, 3.8) is 0 Å². The van der Waals surface area contributed by atoms with Crippen LogP contribution in [0, 0.1) is 0 Å². The van der Waals surface area contributed by atoms with Crippen molar-refractivity contribution < 1.29 is 0 Å². The first-order valence-corrected chi connectivity index (χ1v) is 9.30. The SMILES string of the molecule is NC=C(C=Nc1ccc(Cl)cn1)c1ccc(N2CCSCC2)cc1. The third-order valence-electron chi connectivity index (χ3n) is 3.80. The van der Waals surface area contributed by atoms with Crippen molar-refractivity contribution in [3.05, 3.63) is 59.4 Å². The third kappa shape index (κ3) is 4.30. The van der Waals surface area contributed by atoms with E-state index in [-0.39, 0.29) is 0 Å². The maximum absolute atomic E-state index is 5.83. The fourth-order valence-electron chi connectivity index (χ4n) is 2.48. The molecule has 1 aromatic heterocycles. The Bertz CT molecular complexity index is 720. The van der Waals surface area contributed by atoms with Crippen LogP contribution in [0.1, 0.15) is 5.56 Å². The second-order valence-corrected chi connectivity index (χ2v) is 7.02. The number of aliphatic imine (C=N–C) groups is 1. The summed E-state index contributed by atoms with van der Waals surface area (Å²) in [6.07, 6.45) is 4.86. The number of aromatic nitrogens is 1. The van der Waals surface area contributed by atoms with Crippen molar-refractivity contribution in [1.82, 2.24) is 4.98 Å². The number of pyridine rings is 1. The summed E-state index contributed by atoms with van der Waals surface area (Å²) in [6, 6.07) is 12.0. The summed E-state index contributed by atoms with van der Waals surface area (Å²) in [6.45, 7) is 2.21. The summed E-state index contributed by atoms with van der Waals surface area (Å²) < 4.78 is 0. The maximum atomic E-state index is 5.83. The zero-order chi connectivity index (χ0) is 16.8. The normalized spacial score (nSPS) is 15.9. The van der Waals surface area contributed by atoms with Gasteiger partial charge in [0.25, 0.3) is 0 Å². The largest absolute Gasteiger partial charge is 0.404 e. The summed E-state index contributed by atoms with van der Waals surface area (Å²) in [5.41, 5.74) is 8.91. The van der Waals surface area contributed by atoms with Gasteiger partial charge in [0.15, 0.2) is 5.82 Å². The number of hydrogen-bond acceptors (Lipinski definition) is 5. The molecule has 0 atom stereocenters. The molecule has 2 N–H and O–H groups in total. The van der Waals surface area contributed by atoms with Gasteiger partial charge in [-0.1, -0.05) is 23.7 Å². The molecule has 6 heteroatoms. The van der Waals surface area contributed by atoms with Crippen LogP contribution in [-0.2, 0) is 0 Å². The smallest absolute Gasteiger partial charge is 0.151 e. The molecule has 124 valence electrons. The second kappa shape index (κ2) is 8.22. The van der Waals surface area contributed by atoms with Crippen molar-refractivity contribution in [3.8, 4) is 0 Å². The number of nitrogens with two attached hydrogens (primary N) is 1. The first-order valence-electron chi connectivity index (χ1n) is 7.77. The van der Waals surface area contributed by atoms with Crippen LogP contribution in [-0.4, -0.2) is 35.8 Å². The summed E-state index contributed by atoms with van der Waals surface area (Å²) in [7, 11) is 0. The number of allylic oxidation sites excluding steroid dienone is 1. The minimum Gasteiger partial charge on any atom is -0.404 e. The summed E-state index contributed by atoms with van der Waals surface area (Å²) in [5.74, 6) is 2.98. The van der Waals surface area contributed by atoms with Gasteiger partial charge in [-0.3, -0.25) is 0 Å². The van der Waals surface area contributed by atoms with Crippen LogP contribution in [0.4, 0.5) is 11.5 Å². The van der Waals surface area contributed by atoms with E-state index in [4.69, 9.17) is 17.3 Å². The third-order valence-corrected chi connectivity index (χ3v) is 4.97. The molecule has 0 saturated carbocycles. The zero-order valence-electron chi connectivity index (χ0n) is 13.2. The monoisotopic (exact) mass is 358 g/mol. The highest BCUT2D eigenvalue weighted by molar-refractivity contribution is 7.99. The van der Waals surface area contributed by atoms with E-state index in [1.807, 2.05) is 11.8 Å². The fraction of sp³-hybridized carbons (Fsp3) is 0.222. The number of thioether (sulfide) groups is 1. The highest BCUT2D eigenvalue weighted by atomic mass is 35.5. The molecule has 3 rings (SSSR count). The first kappa shape index (κ1) is 16.9. The number of nitrogens with zero attached hydrogens (tertiary/aromatic N) is 3. The quantitative estimate of drug-likeness (QED) is 0.839. The Morgan fingerprint density at radius 3 is 2.54 bits per heavy atom. The molecular formula is C18H19ClN4S. The average Bonchev–Trinajstić information content (AvgIpc) is 2.65. The lowest BCUT2D eigenvalue weighted by Crippen LogP contribution is -2.32. The predicted molar refractivity (Wildman–Crippen MR) is 106 cm³/mol. The highest BCUT2D eigenvalue weighted by Gasteiger charge is 2.11. The summed E-state index contributed by atoms with van der Waals surface area (Å²) in [4.78, 5) is 10.9. The van der Waals surface area contributed by atoms with Gasteiger partial charge in [0.05, 0.1) is 5.02 Å². The number of rotatable bonds is 4. The van der Waals surface area contributed by atoms with E-state index < -0.39 is 0 Å². The number of benzene rings is 1. The van der Waals surface area contributed by atoms with E-state index in [0.717, 1.165) is 24.2 Å². The van der Waals surface area contributed by atoms with Crippen LogP contribution in [0.2, 0.25) is 5.02 Å². The number of anilines is 1. The Labute approximate surface area is 151 Å². The van der Waals surface area contributed by atoms with Gasteiger partial charge in [0, 0.05) is 54.5 Å². The molecule has 0 spiro atoms. The maximum Gasteiger partial charge on any atom is 0.151 e. The fourth-order valence-corrected chi connectivity index (χ4v) is 3.49. The Hall–Kier alpha value is -1.98. The lowest BCUT2D eigenvalue weighted by molar-refractivity contribution is 0.859. The van der Waals surface area contributed by atoms with Gasteiger partial charge in [-0.05, 0) is 29.8 Å². The van der Waals surface area contributed by atoms with Crippen molar-refractivity contribution >= 4 is 46.7 Å². The second-order valence-electron chi connectivity index (χ2n) is 5.36. The van der Waals surface area contributed by atoms with E-state index in [2.05, 4.69) is 39.1 Å². The van der Waals surface area contributed by atoms with E-state index in [1.54, 1.807) is 30.7 Å². The van der Waals surface area contributed by atoms with Crippen LogP contribution < -0.4 is 10.6 Å². The summed E-state index contributed by atoms with van der Waals surface area (Å²) >= 11 is 7.84. The molecule has 1 aliphatic rings. The Kier molecular flexibility index (Phi) is 5.77. The number of halogens is 1. The molecule has 0 aliphatic carbocycles. The number of hydrogen-bond donors (Lipinski definition) is 1. The van der Waals surface area contributed by atoms with Crippen LogP contribution in [0.15, 0.2) is 53.8 Å². The molecule has 1 saturated heterocycles. The Morgan fingerprint density at radius 1 is 1.17 bits per heavy atom. The van der Waals surface area contributed by atoms with Crippen LogP contribution >= 0.6 is 23.4 Å². The standard InChI is InChI=1S/C18H19ClN4S/c19-16-3-6-18(22-13-16)21-12-15(11-20)14-1-4-17(5-2-14)23-7-9-24-10-8-23/h1-6,11-13H,7-10,20H2. The molecule has 0 amide bonds. The minimum atomic E-state index is 0.593. The Balaban J connectivity index is 1.72. The van der Waals surface area contributed by atoms with E-state index >= 15 is 0 Å². The first-order chi connectivity index (χ1) is 11.8. The molecule has 0 bridgehead atoms. The molecule has 2 aromatic rings. The van der Waals surface area contributed by atoms with Crippen LogP contribution in [0.5, 0.6) is 0 Å². The Morgan fingerprint density at radius 2 is 1.92 bits per heavy atom. The molecular weight excluding hydrogens is 340 g/mol. The van der Waals surface area contributed by atoms with Gasteiger partial charge in [0.2, 0.25) is 0 Å². The molecule has 1 aromatic carbocycles. The van der Waals surface area contributed by atoms with Gasteiger partial charge in [-0.2, -0.15) is 11.8 Å². The van der Waals surface area contributed by atoms with E-state index in [0.29, 0.717) is 10.8 Å². The molecule has 0 unspecified atom stereocenters. The van der Waals surface area contributed by atoms with Crippen molar-refractivity contribution in [2.75, 3.05) is 29.5 Å². The summed E-state index contributed by atoms with van der Waals surface area (Å²) in [5, 5.41) is 0.593. The van der Waals surface area contributed by atoms with E-state index in [1.165, 1.54) is 17.2 Å². The lowest BCUT2D eigenvalue weighted by Gasteiger charge is -2.28. The van der Waals surface area contributed by atoms with Gasteiger partial charge in [-0.25, -0.2) is 9.98 Å². The minimum absolute atomic E-state index is 0.593. The van der Waals surface area contributed by atoms with E-state index in [9.17, 15) is 0 Å². The van der Waals surface area contributed by atoms with Gasteiger partial charge < -0.3 is 10.6 Å². The van der Waals surface area contributed by atoms with Crippen LogP contribution in [0.25, 0.3) is 5.57 Å². The molecule has 1 fully saturated rings. The highest BCUT2D eigenvalue weighted by Crippen LogP contribution is 2.22. The zero-order valence-corrected chi connectivity index (χ0v) is 14.8. The average molecular weight is 359 g/mol.